The topological polar surface area (TPSA) is 105 Å². The highest BCUT2D eigenvalue weighted by molar-refractivity contribution is 6.01. The summed E-state index contributed by atoms with van der Waals surface area (Å²) in [4.78, 5) is 12.0. The van der Waals surface area contributed by atoms with Crippen molar-refractivity contribution >= 4 is 17.3 Å². The van der Waals surface area contributed by atoms with Gasteiger partial charge in [-0.3, -0.25) is 4.79 Å². The van der Waals surface area contributed by atoms with Gasteiger partial charge in [0.15, 0.2) is 0 Å². The second kappa shape index (κ2) is 8.14. The van der Waals surface area contributed by atoms with Crippen LogP contribution in [0.3, 0.4) is 0 Å². The van der Waals surface area contributed by atoms with E-state index in [2.05, 4.69) is 5.32 Å². The molecule has 0 heterocycles. The van der Waals surface area contributed by atoms with Gasteiger partial charge in [-0.2, -0.15) is 0 Å². The molecule has 0 unspecified atom stereocenters. The number of benzene rings is 2. The number of hydrogen-bond acceptors (Lipinski definition) is 5. The van der Waals surface area contributed by atoms with Crippen molar-refractivity contribution in [1.29, 1.82) is 0 Å². The van der Waals surface area contributed by atoms with Crippen LogP contribution in [0.5, 0.6) is 5.75 Å². The molecule has 0 bridgehead atoms. The van der Waals surface area contributed by atoms with Gasteiger partial charge in [-0.1, -0.05) is 24.3 Å². The Balaban J connectivity index is 2.03. The molecular weight excluding hydrogens is 308 g/mol. The summed E-state index contributed by atoms with van der Waals surface area (Å²) in [6.45, 7) is 0. The highest BCUT2D eigenvalue weighted by Crippen LogP contribution is 2.22. The van der Waals surface area contributed by atoms with Gasteiger partial charge in [0.2, 0.25) is 5.91 Å². The van der Waals surface area contributed by atoms with Gasteiger partial charge in [0.25, 0.3) is 0 Å². The number of anilines is 2. The number of nitrogen functional groups attached to an aromatic ring is 1. The quantitative estimate of drug-likeness (QED) is 0.481. The van der Waals surface area contributed by atoms with Crippen LogP contribution >= 0.6 is 0 Å². The number of carbonyl (C=O) groups excluding carboxylic acids is 1. The van der Waals surface area contributed by atoms with Crippen LogP contribution < -0.4 is 11.1 Å². The van der Waals surface area contributed by atoms with E-state index >= 15 is 0 Å². The van der Waals surface area contributed by atoms with Crippen molar-refractivity contribution in [3.63, 3.8) is 0 Å². The van der Waals surface area contributed by atoms with E-state index in [-0.39, 0.29) is 11.7 Å². The summed E-state index contributed by atoms with van der Waals surface area (Å²) in [5.74, 6) is -0.275. The van der Waals surface area contributed by atoms with Crippen LogP contribution in [0.1, 0.15) is 11.7 Å². The molecule has 126 valence electrons. The first-order valence-electron chi connectivity index (χ1n) is 7.34. The number of nitrogens with one attached hydrogen (secondary N) is 1. The molecule has 5 N–H and O–H groups in total. The van der Waals surface area contributed by atoms with E-state index in [1.54, 1.807) is 36.4 Å². The summed E-state index contributed by atoms with van der Waals surface area (Å²) < 4.78 is 5.22. The molecule has 0 aliphatic heterocycles. The van der Waals surface area contributed by atoms with Gasteiger partial charge in [-0.25, -0.2) is 0 Å². The van der Waals surface area contributed by atoms with E-state index in [9.17, 15) is 15.0 Å². The molecule has 6 heteroatoms. The van der Waals surface area contributed by atoms with Crippen LogP contribution in [0.25, 0.3) is 0 Å². The summed E-state index contributed by atoms with van der Waals surface area (Å²) >= 11 is 0. The fourth-order valence-corrected chi connectivity index (χ4v) is 2.14. The molecule has 2 aromatic rings. The van der Waals surface area contributed by atoms with E-state index in [0.29, 0.717) is 16.9 Å². The Bertz CT molecular complexity index is 713. The third-order valence-corrected chi connectivity index (χ3v) is 3.47. The van der Waals surface area contributed by atoms with Gasteiger partial charge in [0.05, 0.1) is 11.4 Å². The Labute approximate surface area is 140 Å². The lowest BCUT2D eigenvalue weighted by molar-refractivity contribution is -0.112. The summed E-state index contributed by atoms with van der Waals surface area (Å²) in [5.41, 5.74) is 7.31. The number of hydrogen-bond donors (Lipinski definition) is 4. The second-order valence-electron chi connectivity index (χ2n) is 5.17. The van der Waals surface area contributed by atoms with Crippen molar-refractivity contribution in [2.24, 2.45) is 0 Å². The molecule has 6 nitrogen and oxygen atoms in total. The Morgan fingerprint density at radius 3 is 2.50 bits per heavy atom. The zero-order chi connectivity index (χ0) is 17.5. The molecule has 0 spiro atoms. The molecule has 1 amide bonds. The smallest absolute Gasteiger partial charge is 0.248 e. The summed E-state index contributed by atoms with van der Waals surface area (Å²) in [5, 5.41) is 22.2. The minimum Gasteiger partial charge on any atom is -0.508 e. The van der Waals surface area contributed by atoms with E-state index in [1.807, 2.05) is 0 Å². The fraction of sp³-hybridized carbons (Fsp3) is 0.167. The molecule has 2 aromatic carbocycles. The number of amides is 1. The number of methoxy groups -OCH3 is 1. The zero-order valence-electron chi connectivity index (χ0n) is 13.2. The molecule has 0 saturated heterocycles. The van der Waals surface area contributed by atoms with Crippen LogP contribution in [0.4, 0.5) is 11.4 Å². The lowest BCUT2D eigenvalue weighted by atomic mass is 10.0. The van der Waals surface area contributed by atoms with Crippen molar-refractivity contribution in [2.75, 3.05) is 18.2 Å². The van der Waals surface area contributed by atoms with Crippen molar-refractivity contribution in [3.8, 4) is 5.75 Å². The monoisotopic (exact) mass is 328 g/mol. The lowest BCUT2D eigenvalue weighted by Crippen LogP contribution is -2.19. The molecular formula is C18H20N2O4. The fourth-order valence-electron chi connectivity index (χ4n) is 2.14. The minimum absolute atomic E-state index is 0.107. The number of nitrogens with two attached hydrogens (primary N) is 1. The number of aliphatic hydroxyl groups is 1. The third-order valence-electron chi connectivity index (χ3n) is 3.47. The maximum atomic E-state index is 12.0. The molecule has 0 aliphatic carbocycles. The maximum absolute atomic E-state index is 12.0. The van der Waals surface area contributed by atoms with Gasteiger partial charge in [-0.15, -0.1) is 0 Å². The van der Waals surface area contributed by atoms with Crippen LogP contribution in [0, 0.1) is 0 Å². The molecule has 0 fully saturated rings. The van der Waals surface area contributed by atoms with E-state index in [1.165, 1.54) is 31.4 Å². The van der Waals surface area contributed by atoms with Gasteiger partial charge in [0, 0.05) is 13.2 Å². The number of ether oxygens (including phenoxy) is 1. The van der Waals surface area contributed by atoms with Crippen LogP contribution in [0.2, 0.25) is 0 Å². The number of phenols is 1. The SMILES string of the molecule is CO[C@H](/C=C/C(=O)Nc1ccccc1N)[C@H](O)c1ccc(O)cc1. The highest BCUT2D eigenvalue weighted by atomic mass is 16.5. The Morgan fingerprint density at radius 1 is 1.21 bits per heavy atom. The van der Waals surface area contributed by atoms with Crippen molar-refractivity contribution in [3.05, 3.63) is 66.2 Å². The zero-order valence-corrected chi connectivity index (χ0v) is 13.2. The van der Waals surface area contributed by atoms with Crippen LogP contribution in [-0.4, -0.2) is 29.3 Å². The minimum atomic E-state index is -0.971. The average Bonchev–Trinajstić information content (AvgIpc) is 2.58. The predicted octanol–water partition coefficient (Wildman–Crippen LogP) is 2.22. The summed E-state index contributed by atoms with van der Waals surface area (Å²) in [6, 6.07) is 13.0. The number of phenolic OH excluding ortho intramolecular Hbond substituents is 1. The first kappa shape index (κ1) is 17.5. The lowest BCUT2D eigenvalue weighted by Gasteiger charge is -2.18. The Kier molecular flexibility index (Phi) is 5.95. The highest BCUT2D eigenvalue weighted by Gasteiger charge is 2.18. The van der Waals surface area contributed by atoms with Crippen molar-refractivity contribution in [2.45, 2.75) is 12.2 Å². The van der Waals surface area contributed by atoms with Crippen LogP contribution in [0.15, 0.2) is 60.7 Å². The molecule has 2 rings (SSSR count). The number of rotatable bonds is 6. The van der Waals surface area contributed by atoms with Gasteiger partial charge < -0.3 is 26.0 Å². The Morgan fingerprint density at radius 2 is 1.88 bits per heavy atom. The average molecular weight is 328 g/mol. The molecule has 24 heavy (non-hydrogen) atoms. The number of para-hydroxylation sites is 2. The normalized spacial score (nSPS) is 13.6. The second-order valence-corrected chi connectivity index (χ2v) is 5.17. The first-order chi connectivity index (χ1) is 11.5. The third kappa shape index (κ3) is 4.58. The summed E-state index contributed by atoms with van der Waals surface area (Å²) in [7, 11) is 1.44. The molecule has 0 aromatic heterocycles. The van der Waals surface area contributed by atoms with Gasteiger partial charge in [0.1, 0.15) is 18.0 Å². The molecule has 0 aliphatic rings. The predicted molar refractivity (Wildman–Crippen MR) is 92.5 cm³/mol. The largest absolute Gasteiger partial charge is 0.508 e. The number of aliphatic hydroxyl groups excluding tert-OH is 1. The maximum Gasteiger partial charge on any atom is 0.248 e. The molecule has 0 radical (unpaired) electrons. The molecule has 0 saturated carbocycles. The van der Waals surface area contributed by atoms with E-state index < -0.39 is 12.2 Å². The molecule has 2 atom stereocenters. The standard InChI is InChI=1S/C18H20N2O4/c1-24-16(18(23)12-6-8-13(21)9-7-12)10-11-17(22)20-15-5-3-2-4-14(15)19/h2-11,16,18,21,23H,19H2,1H3,(H,20,22)/b11-10+/t16-,18-/m1/s1. The first-order valence-corrected chi connectivity index (χ1v) is 7.34. The van der Waals surface area contributed by atoms with E-state index in [4.69, 9.17) is 10.5 Å². The Hall–Kier alpha value is -2.83. The van der Waals surface area contributed by atoms with E-state index in [0.717, 1.165) is 0 Å². The number of aromatic hydroxyl groups is 1. The van der Waals surface area contributed by atoms with Crippen molar-refractivity contribution in [1.82, 2.24) is 0 Å². The van der Waals surface area contributed by atoms with Gasteiger partial charge >= 0.3 is 0 Å². The van der Waals surface area contributed by atoms with Crippen molar-refractivity contribution < 1.29 is 19.7 Å². The van der Waals surface area contributed by atoms with Crippen LogP contribution in [-0.2, 0) is 9.53 Å². The summed E-state index contributed by atoms with van der Waals surface area (Å²) in [6.07, 6.45) is 1.06. The number of carbonyl (C=O) groups is 1. The van der Waals surface area contributed by atoms with Gasteiger partial charge in [-0.05, 0) is 35.9 Å².